The molecule has 1 atom stereocenters. The highest BCUT2D eigenvalue weighted by Crippen LogP contribution is 2.31. The average Bonchev–Trinajstić information content (AvgIpc) is 3.28. The Balaban J connectivity index is 1.71. The van der Waals surface area contributed by atoms with E-state index in [9.17, 15) is 8.42 Å². The number of rotatable bonds is 9. The molecule has 0 radical (unpaired) electrons. The van der Waals surface area contributed by atoms with Gasteiger partial charge in [-0.05, 0) is 43.5 Å². The molecule has 1 aromatic heterocycles. The molecule has 2 aromatic carbocycles. The van der Waals surface area contributed by atoms with E-state index in [0.717, 1.165) is 36.0 Å². The number of thioether (sulfide) groups is 1. The van der Waals surface area contributed by atoms with Crippen molar-refractivity contribution in [2.45, 2.75) is 49.3 Å². The van der Waals surface area contributed by atoms with Crippen molar-refractivity contribution in [1.82, 2.24) is 19.1 Å². The van der Waals surface area contributed by atoms with Gasteiger partial charge in [0, 0.05) is 36.7 Å². The van der Waals surface area contributed by atoms with E-state index in [-0.39, 0.29) is 11.0 Å². The van der Waals surface area contributed by atoms with Crippen LogP contribution in [0.25, 0.3) is 17.1 Å². The molecular weight excluding hydrogens is 456 g/mol. The van der Waals surface area contributed by atoms with Crippen LogP contribution in [0.2, 0.25) is 0 Å². The average molecular weight is 487 g/mol. The Morgan fingerprint density at radius 3 is 2.55 bits per heavy atom. The van der Waals surface area contributed by atoms with E-state index in [2.05, 4.69) is 10.2 Å². The molecule has 0 saturated carbocycles. The Kier molecular flexibility index (Phi) is 7.85. The Bertz CT molecular complexity index is 1160. The fourth-order valence-corrected chi connectivity index (χ4v) is 6.50. The molecule has 1 fully saturated rings. The topological polar surface area (TPSA) is 77.3 Å². The predicted octanol–water partition coefficient (Wildman–Crippen LogP) is 4.63. The largest absolute Gasteiger partial charge is 0.377 e. The van der Waals surface area contributed by atoms with Crippen molar-refractivity contribution >= 4 is 21.8 Å². The number of sulfonamides is 1. The zero-order valence-electron chi connectivity index (χ0n) is 19.1. The maximum Gasteiger partial charge on any atom is 0.243 e. The molecule has 1 aliphatic heterocycles. The fourth-order valence-electron chi connectivity index (χ4n) is 3.97. The number of hydrogen-bond donors (Lipinski definition) is 0. The van der Waals surface area contributed by atoms with Gasteiger partial charge in [0.05, 0.1) is 11.0 Å². The lowest BCUT2D eigenvalue weighted by atomic mass is 10.1. The minimum absolute atomic E-state index is 0.218. The van der Waals surface area contributed by atoms with Gasteiger partial charge in [-0.1, -0.05) is 55.9 Å². The van der Waals surface area contributed by atoms with Gasteiger partial charge in [-0.15, -0.1) is 10.2 Å². The molecular formula is C24H30N4O3S2. The Hall–Kier alpha value is -2.20. The van der Waals surface area contributed by atoms with Crippen LogP contribution in [0.1, 0.15) is 33.1 Å². The molecule has 176 valence electrons. The van der Waals surface area contributed by atoms with Crippen LogP contribution < -0.4 is 0 Å². The van der Waals surface area contributed by atoms with Gasteiger partial charge in [0.2, 0.25) is 10.0 Å². The van der Waals surface area contributed by atoms with Crippen LogP contribution in [0.15, 0.2) is 64.6 Å². The molecule has 1 saturated heterocycles. The molecule has 3 aromatic rings. The van der Waals surface area contributed by atoms with Crippen molar-refractivity contribution in [3.8, 4) is 17.1 Å². The summed E-state index contributed by atoms with van der Waals surface area (Å²) < 4.78 is 35.5. The first-order chi connectivity index (χ1) is 16.0. The van der Waals surface area contributed by atoms with Crippen LogP contribution in [0.4, 0.5) is 0 Å². The lowest BCUT2D eigenvalue weighted by Crippen LogP contribution is -2.30. The van der Waals surface area contributed by atoms with Gasteiger partial charge in [0.15, 0.2) is 11.0 Å². The van der Waals surface area contributed by atoms with E-state index < -0.39 is 10.0 Å². The first-order valence-corrected chi connectivity index (χ1v) is 13.8. The summed E-state index contributed by atoms with van der Waals surface area (Å²) in [7, 11) is -3.57. The molecule has 1 aliphatic rings. The third-order valence-electron chi connectivity index (χ3n) is 5.76. The van der Waals surface area contributed by atoms with Crippen LogP contribution in [0.5, 0.6) is 0 Å². The molecule has 0 spiro atoms. The fraction of sp³-hybridized carbons (Fsp3) is 0.417. The Morgan fingerprint density at radius 1 is 1.06 bits per heavy atom. The van der Waals surface area contributed by atoms with Gasteiger partial charge in [-0.2, -0.15) is 4.31 Å². The summed E-state index contributed by atoms with van der Waals surface area (Å²) in [5.74, 6) is 1.42. The number of nitrogens with zero attached hydrogens (tertiary/aromatic N) is 4. The first-order valence-electron chi connectivity index (χ1n) is 11.4. The predicted molar refractivity (Wildman–Crippen MR) is 131 cm³/mol. The van der Waals surface area contributed by atoms with Gasteiger partial charge < -0.3 is 4.74 Å². The van der Waals surface area contributed by atoms with Gasteiger partial charge in [0.1, 0.15) is 0 Å². The molecule has 1 unspecified atom stereocenters. The number of aromatic nitrogens is 3. The zero-order valence-corrected chi connectivity index (χ0v) is 20.7. The highest BCUT2D eigenvalue weighted by atomic mass is 32.2. The van der Waals surface area contributed by atoms with Crippen molar-refractivity contribution in [2.24, 2.45) is 0 Å². The number of para-hydroxylation sites is 1. The van der Waals surface area contributed by atoms with Crippen LogP contribution >= 0.6 is 11.8 Å². The van der Waals surface area contributed by atoms with Crippen LogP contribution in [-0.4, -0.2) is 59.0 Å². The number of hydrogen-bond acceptors (Lipinski definition) is 6. The van der Waals surface area contributed by atoms with E-state index in [1.165, 1.54) is 10.7 Å². The monoisotopic (exact) mass is 486 g/mol. The smallest absolute Gasteiger partial charge is 0.243 e. The minimum atomic E-state index is -3.57. The molecule has 0 amide bonds. The molecule has 7 nitrogen and oxygen atoms in total. The van der Waals surface area contributed by atoms with Gasteiger partial charge in [-0.3, -0.25) is 4.57 Å². The third-order valence-corrected chi connectivity index (χ3v) is 8.86. The van der Waals surface area contributed by atoms with Gasteiger partial charge in [-0.25, -0.2) is 8.42 Å². The van der Waals surface area contributed by atoms with E-state index in [1.807, 2.05) is 54.8 Å². The first kappa shape index (κ1) is 23.9. The number of ether oxygens (including phenoxy) is 1. The molecule has 2 heterocycles. The highest BCUT2D eigenvalue weighted by Gasteiger charge is 2.24. The second-order valence-corrected chi connectivity index (χ2v) is 10.8. The molecule has 33 heavy (non-hydrogen) atoms. The summed E-state index contributed by atoms with van der Waals surface area (Å²) in [5, 5.41) is 9.72. The molecule has 0 bridgehead atoms. The molecule has 9 heteroatoms. The summed E-state index contributed by atoms with van der Waals surface area (Å²) in [6, 6.07) is 16.9. The van der Waals surface area contributed by atoms with Crippen LogP contribution in [0, 0.1) is 0 Å². The summed E-state index contributed by atoms with van der Waals surface area (Å²) >= 11 is 1.62. The summed E-state index contributed by atoms with van der Waals surface area (Å²) in [5.41, 5.74) is 1.64. The standard InChI is InChI=1S/C24H30N4O3S2/c1-3-27(4-2)33(29,30)22-15-10-11-19(17-22)23-25-26-24(28(23)20-12-6-5-7-13-20)32-18-21-14-8-9-16-31-21/h5-7,10-13,15,17,21H,3-4,8-9,14,16,18H2,1-2H3. The normalized spacial score (nSPS) is 16.9. The van der Waals surface area contributed by atoms with Crippen molar-refractivity contribution in [1.29, 1.82) is 0 Å². The zero-order chi connectivity index (χ0) is 23.3. The second-order valence-electron chi connectivity index (χ2n) is 7.89. The van der Waals surface area contributed by atoms with Crippen molar-refractivity contribution < 1.29 is 13.2 Å². The Labute approximate surface area is 200 Å². The van der Waals surface area contributed by atoms with Crippen LogP contribution in [-0.2, 0) is 14.8 Å². The molecule has 0 N–H and O–H groups in total. The highest BCUT2D eigenvalue weighted by molar-refractivity contribution is 7.99. The second kappa shape index (κ2) is 10.8. The van der Waals surface area contributed by atoms with Gasteiger partial charge in [0.25, 0.3) is 0 Å². The van der Waals surface area contributed by atoms with Crippen molar-refractivity contribution in [3.63, 3.8) is 0 Å². The van der Waals surface area contributed by atoms with Crippen molar-refractivity contribution in [3.05, 3.63) is 54.6 Å². The maximum absolute atomic E-state index is 13.1. The summed E-state index contributed by atoms with van der Waals surface area (Å²) in [4.78, 5) is 0.260. The van der Waals surface area contributed by atoms with Gasteiger partial charge >= 0.3 is 0 Å². The van der Waals surface area contributed by atoms with Crippen LogP contribution in [0.3, 0.4) is 0 Å². The minimum Gasteiger partial charge on any atom is -0.377 e. The van der Waals surface area contributed by atoms with E-state index in [1.54, 1.807) is 30.0 Å². The SMILES string of the molecule is CCN(CC)S(=O)(=O)c1cccc(-c2nnc(SCC3CCCCO3)n2-c2ccccc2)c1. The molecule has 4 rings (SSSR count). The third kappa shape index (κ3) is 5.32. The van der Waals surface area contributed by atoms with E-state index >= 15 is 0 Å². The molecule has 0 aliphatic carbocycles. The Morgan fingerprint density at radius 2 is 1.85 bits per heavy atom. The maximum atomic E-state index is 13.1. The lowest BCUT2D eigenvalue weighted by molar-refractivity contribution is 0.0315. The summed E-state index contributed by atoms with van der Waals surface area (Å²) in [6.07, 6.45) is 3.59. The van der Waals surface area contributed by atoms with Crippen molar-refractivity contribution in [2.75, 3.05) is 25.4 Å². The summed E-state index contributed by atoms with van der Waals surface area (Å²) in [6.45, 7) is 5.35. The number of benzene rings is 2. The lowest BCUT2D eigenvalue weighted by Gasteiger charge is -2.22. The van der Waals surface area contributed by atoms with E-state index in [0.29, 0.717) is 24.5 Å². The quantitative estimate of drug-likeness (QED) is 0.411. The van der Waals surface area contributed by atoms with E-state index in [4.69, 9.17) is 4.74 Å².